The zero-order valence-electron chi connectivity index (χ0n) is 17.7. The second kappa shape index (κ2) is 9.10. The number of pyridine rings is 1. The molecule has 2 aromatic heterocycles. The highest BCUT2D eigenvalue weighted by Gasteiger charge is 2.30. The Morgan fingerprint density at radius 2 is 1.82 bits per heavy atom. The number of rotatable bonds is 4. The Morgan fingerprint density at radius 3 is 2.59 bits per heavy atom. The minimum atomic E-state index is -0.568. The van der Waals surface area contributed by atoms with E-state index in [0.29, 0.717) is 38.1 Å². The molecule has 1 unspecified atom stereocenters. The number of allylic oxidation sites excluding steroid dienone is 1. The first-order chi connectivity index (χ1) is 16.4. The van der Waals surface area contributed by atoms with E-state index in [9.17, 15) is 4.79 Å². The number of hydrogen-bond acceptors (Lipinski definition) is 5. The number of amides is 1. The number of fused-ring (bicyclic) bond motifs is 1. The van der Waals surface area contributed by atoms with Crippen LogP contribution in [0.1, 0.15) is 24.1 Å². The lowest BCUT2D eigenvalue weighted by molar-refractivity contribution is -0.113. The predicted molar refractivity (Wildman–Crippen MR) is 136 cm³/mol. The molecule has 0 aliphatic carbocycles. The molecular weight excluding hydrogens is 495 g/mol. The topological polar surface area (TPSA) is 95.1 Å². The average molecular weight is 512 g/mol. The Labute approximate surface area is 209 Å². The van der Waals surface area contributed by atoms with Gasteiger partial charge in [-0.1, -0.05) is 46.9 Å². The number of nitrogens with zero attached hydrogens (tertiary/aromatic N) is 3. The third-order valence-electron chi connectivity index (χ3n) is 5.45. The van der Waals surface area contributed by atoms with Crippen LogP contribution in [0.25, 0.3) is 10.9 Å². The first kappa shape index (κ1) is 22.4. The number of amidine groups is 1. The quantitative estimate of drug-likeness (QED) is 0.296. The number of aliphatic imine (C=N–C) groups is 1. The summed E-state index contributed by atoms with van der Waals surface area (Å²) < 4.78 is 0. The standard InChI is InChI=1S/C24H17Cl3N6O/c1-12-20(24(34)30-16-6-7-18-17(11-16)22(27)33-32-18)21(13-2-4-15(25)5-3-13)31-23(29-12)14-8-9-28-19(26)10-14/h2-11,21H,1H3,(H,29,31)(H,30,34)(H,32,33). The van der Waals surface area contributed by atoms with Crippen LogP contribution in [-0.4, -0.2) is 26.9 Å². The van der Waals surface area contributed by atoms with Gasteiger partial charge < -0.3 is 10.6 Å². The third kappa shape index (κ3) is 4.37. The van der Waals surface area contributed by atoms with Crippen molar-refractivity contribution in [1.82, 2.24) is 20.5 Å². The number of carbonyl (C=O) groups excluding carboxylic acids is 1. The van der Waals surface area contributed by atoms with Crippen LogP contribution < -0.4 is 10.6 Å². The maximum atomic E-state index is 13.5. The van der Waals surface area contributed by atoms with Gasteiger partial charge in [-0.3, -0.25) is 14.9 Å². The molecule has 3 heterocycles. The van der Waals surface area contributed by atoms with E-state index in [1.54, 1.807) is 42.6 Å². The van der Waals surface area contributed by atoms with Gasteiger partial charge in [0.25, 0.3) is 5.91 Å². The lowest BCUT2D eigenvalue weighted by Gasteiger charge is -2.27. The van der Waals surface area contributed by atoms with Gasteiger partial charge in [-0.05, 0) is 55.0 Å². The molecule has 0 radical (unpaired) electrons. The normalized spacial score (nSPS) is 15.8. The van der Waals surface area contributed by atoms with Crippen molar-refractivity contribution < 1.29 is 4.79 Å². The monoisotopic (exact) mass is 510 g/mol. The molecule has 170 valence electrons. The second-order valence-electron chi connectivity index (χ2n) is 7.69. The smallest absolute Gasteiger partial charge is 0.255 e. The molecule has 0 spiro atoms. The van der Waals surface area contributed by atoms with Crippen molar-refractivity contribution in [1.29, 1.82) is 0 Å². The van der Waals surface area contributed by atoms with Gasteiger partial charge in [-0.15, -0.1) is 0 Å². The highest BCUT2D eigenvalue weighted by Crippen LogP contribution is 2.33. The molecule has 7 nitrogen and oxygen atoms in total. The lowest BCUT2D eigenvalue weighted by Crippen LogP contribution is -2.34. The van der Waals surface area contributed by atoms with E-state index in [2.05, 4.69) is 25.8 Å². The van der Waals surface area contributed by atoms with E-state index >= 15 is 0 Å². The van der Waals surface area contributed by atoms with Gasteiger partial charge in [0.05, 0.1) is 11.1 Å². The number of hydrogen-bond donors (Lipinski definition) is 3. The molecule has 1 atom stereocenters. The first-order valence-corrected chi connectivity index (χ1v) is 11.4. The molecular formula is C24H17Cl3N6O. The highest BCUT2D eigenvalue weighted by molar-refractivity contribution is 6.34. The van der Waals surface area contributed by atoms with Crippen molar-refractivity contribution in [3.05, 3.63) is 98.5 Å². The fraction of sp³-hybridized carbons (Fsp3) is 0.0833. The molecule has 4 aromatic rings. The second-order valence-corrected chi connectivity index (χ2v) is 8.87. The zero-order chi connectivity index (χ0) is 23.8. The Morgan fingerprint density at radius 1 is 1.03 bits per heavy atom. The van der Waals surface area contributed by atoms with Crippen LogP contribution in [0.2, 0.25) is 15.3 Å². The summed E-state index contributed by atoms with van der Waals surface area (Å²) in [5.41, 5.74) is 4.09. The van der Waals surface area contributed by atoms with Crippen LogP contribution in [-0.2, 0) is 4.79 Å². The third-order valence-corrected chi connectivity index (χ3v) is 6.19. The average Bonchev–Trinajstić information content (AvgIpc) is 3.19. The highest BCUT2D eigenvalue weighted by atomic mass is 35.5. The predicted octanol–water partition coefficient (Wildman–Crippen LogP) is 5.92. The van der Waals surface area contributed by atoms with Gasteiger partial charge in [-0.2, -0.15) is 5.10 Å². The summed E-state index contributed by atoms with van der Waals surface area (Å²) in [6.07, 6.45) is 1.61. The molecule has 0 saturated heterocycles. The lowest BCUT2D eigenvalue weighted by atomic mass is 9.94. The van der Waals surface area contributed by atoms with Gasteiger partial charge in [0, 0.05) is 33.6 Å². The van der Waals surface area contributed by atoms with Crippen LogP contribution in [0.5, 0.6) is 0 Å². The molecule has 1 aliphatic heterocycles. The number of aromatic nitrogens is 3. The molecule has 34 heavy (non-hydrogen) atoms. The molecule has 0 fully saturated rings. The van der Waals surface area contributed by atoms with Gasteiger partial charge in [0.15, 0.2) is 5.15 Å². The molecule has 5 rings (SSSR count). The number of benzene rings is 2. The molecule has 1 aliphatic rings. The Hall–Kier alpha value is -3.39. The molecule has 0 bridgehead atoms. The Balaban J connectivity index is 1.53. The summed E-state index contributed by atoms with van der Waals surface area (Å²) in [5.74, 6) is 0.296. The summed E-state index contributed by atoms with van der Waals surface area (Å²) in [4.78, 5) is 22.4. The summed E-state index contributed by atoms with van der Waals surface area (Å²) in [7, 11) is 0. The van der Waals surface area contributed by atoms with E-state index < -0.39 is 6.04 Å². The van der Waals surface area contributed by atoms with Gasteiger partial charge >= 0.3 is 0 Å². The van der Waals surface area contributed by atoms with E-state index in [0.717, 1.165) is 22.0 Å². The molecule has 3 N–H and O–H groups in total. The first-order valence-electron chi connectivity index (χ1n) is 10.3. The van der Waals surface area contributed by atoms with Crippen LogP contribution >= 0.6 is 34.8 Å². The van der Waals surface area contributed by atoms with Crippen LogP contribution in [0.3, 0.4) is 0 Å². The summed E-state index contributed by atoms with van der Waals surface area (Å²) >= 11 is 18.3. The van der Waals surface area contributed by atoms with Crippen LogP contribution in [0, 0.1) is 0 Å². The number of aromatic amines is 1. The minimum Gasteiger partial charge on any atom is -0.343 e. The minimum absolute atomic E-state index is 0.292. The Bertz CT molecular complexity index is 1480. The van der Waals surface area contributed by atoms with E-state index in [1.165, 1.54) is 0 Å². The molecule has 2 aromatic carbocycles. The fourth-order valence-electron chi connectivity index (χ4n) is 3.81. The van der Waals surface area contributed by atoms with E-state index in [-0.39, 0.29) is 5.91 Å². The molecule has 1 amide bonds. The van der Waals surface area contributed by atoms with Gasteiger partial charge in [-0.25, -0.2) is 4.98 Å². The number of H-pyrrole nitrogens is 1. The molecule has 10 heteroatoms. The van der Waals surface area contributed by atoms with Crippen molar-refractivity contribution in [3.8, 4) is 0 Å². The van der Waals surface area contributed by atoms with Crippen LogP contribution in [0.15, 0.2) is 77.1 Å². The summed E-state index contributed by atoms with van der Waals surface area (Å²) in [6, 6.07) is 15.6. The zero-order valence-corrected chi connectivity index (χ0v) is 20.0. The number of carbonyl (C=O) groups is 1. The largest absolute Gasteiger partial charge is 0.343 e. The van der Waals surface area contributed by atoms with E-state index in [1.807, 2.05) is 25.1 Å². The van der Waals surface area contributed by atoms with Crippen molar-refractivity contribution in [3.63, 3.8) is 0 Å². The Kier molecular flexibility index (Phi) is 6.00. The van der Waals surface area contributed by atoms with Crippen molar-refractivity contribution in [2.45, 2.75) is 13.0 Å². The van der Waals surface area contributed by atoms with Crippen LogP contribution in [0.4, 0.5) is 5.69 Å². The number of nitrogens with one attached hydrogen (secondary N) is 3. The number of halogens is 3. The van der Waals surface area contributed by atoms with E-state index in [4.69, 9.17) is 39.8 Å². The summed E-state index contributed by atoms with van der Waals surface area (Å²) in [6.45, 7) is 1.84. The maximum absolute atomic E-state index is 13.5. The van der Waals surface area contributed by atoms with Crippen molar-refractivity contribution in [2.24, 2.45) is 4.99 Å². The summed E-state index contributed by atoms with van der Waals surface area (Å²) in [5, 5.41) is 15.0. The van der Waals surface area contributed by atoms with Gasteiger partial charge in [0.2, 0.25) is 0 Å². The van der Waals surface area contributed by atoms with Gasteiger partial charge in [0.1, 0.15) is 17.0 Å². The maximum Gasteiger partial charge on any atom is 0.255 e. The fourth-order valence-corrected chi connectivity index (χ4v) is 4.31. The van der Waals surface area contributed by atoms with Crippen molar-refractivity contribution >= 4 is 63.1 Å². The molecule has 0 saturated carbocycles. The number of anilines is 1. The van der Waals surface area contributed by atoms with Crippen molar-refractivity contribution in [2.75, 3.05) is 5.32 Å². The SMILES string of the molecule is CC1=C(C(=O)Nc2ccc3[nH]nc(Cl)c3c2)C(c2ccc(Cl)cc2)N=C(c2ccnc(Cl)c2)N1.